The lowest BCUT2D eigenvalue weighted by Crippen LogP contribution is -2.42. The maximum atomic E-state index is 12.8. The van der Waals surface area contributed by atoms with E-state index in [1.165, 1.54) is 6.42 Å². The zero-order chi connectivity index (χ0) is 18.1. The van der Waals surface area contributed by atoms with Gasteiger partial charge in [-0.15, -0.1) is 0 Å². The average Bonchev–Trinajstić information content (AvgIpc) is 3.24. The van der Waals surface area contributed by atoms with Crippen molar-refractivity contribution < 1.29 is 14.3 Å². The van der Waals surface area contributed by atoms with Gasteiger partial charge >= 0.3 is 0 Å². The quantitative estimate of drug-likeness (QED) is 0.848. The largest absolute Gasteiger partial charge is 0.493 e. The molecule has 26 heavy (non-hydrogen) atoms. The third-order valence-corrected chi connectivity index (χ3v) is 6.55. The number of hydrogen-bond donors (Lipinski definition) is 2. The monoisotopic (exact) mass is 358 g/mol. The Balaban J connectivity index is 1.38. The van der Waals surface area contributed by atoms with E-state index in [0.717, 1.165) is 55.9 Å². The Bertz CT molecular complexity index is 655. The second kappa shape index (κ2) is 7.57. The fourth-order valence-corrected chi connectivity index (χ4v) is 4.90. The number of carbonyl (C=O) groups excluding carboxylic acids is 1. The Morgan fingerprint density at radius 1 is 1.23 bits per heavy atom. The first-order chi connectivity index (χ1) is 12.6. The highest BCUT2D eigenvalue weighted by molar-refractivity contribution is 5.93. The van der Waals surface area contributed by atoms with Crippen molar-refractivity contribution in [3.63, 3.8) is 0 Å². The molecule has 1 heterocycles. The zero-order valence-corrected chi connectivity index (χ0v) is 15.6. The number of benzene rings is 1. The summed E-state index contributed by atoms with van der Waals surface area (Å²) in [6.07, 6.45) is 5.55. The molecule has 1 amide bonds. The van der Waals surface area contributed by atoms with E-state index in [1.807, 2.05) is 25.1 Å². The van der Waals surface area contributed by atoms with Crippen molar-refractivity contribution >= 4 is 11.6 Å². The van der Waals surface area contributed by atoms with Crippen molar-refractivity contribution in [2.24, 2.45) is 29.4 Å². The molecule has 1 aliphatic heterocycles. The summed E-state index contributed by atoms with van der Waals surface area (Å²) in [4.78, 5) is 12.8. The van der Waals surface area contributed by atoms with Crippen molar-refractivity contribution in [1.82, 2.24) is 0 Å². The molecule has 3 fully saturated rings. The van der Waals surface area contributed by atoms with Gasteiger partial charge in [-0.05, 0) is 68.4 Å². The van der Waals surface area contributed by atoms with Crippen LogP contribution in [0, 0.1) is 30.6 Å². The molecule has 4 atom stereocenters. The lowest BCUT2D eigenvalue weighted by Gasteiger charge is -2.27. The molecule has 0 radical (unpaired) electrons. The normalized spacial score (nSPS) is 31.2. The van der Waals surface area contributed by atoms with Crippen LogP contribution in [0.1, 0.15) is 37.7 Å². The Hall–Kier alpha value is -1.59. The van der Waals surface area contributed by atoms with Crippen molar-refractivity contribution in [2.45, 2.75) is 45.1 Å². The van der Waals surface area contributed by atoms with E-state index < -0.39 is 0 Å². The predicted molar refractivity (Wildman–Crippen MR) is 101 cm³/mol. The van der Waals surface area contributed by atoms with Crippen LogP contribution in [0.4, 0.5) is 5.69 Å². The molecule has 3 aliphatic rings. The Morgan fingerprint density at radius 3 is 2.73 bits per heavy atom. The fraction of sp³-hybridized carbons (Fsp3) is 0.667. The highest BCUT2D eigenvalue weighted by Gasteiger charge is 2.49. The molecule has 4 rings (SSSR count). The number of rotatable bonds is 5. The molecule has 0 spiro atoms. The number of fused-ring (bicyclic) bond motifs is 2. The molecule has 0 aromatic heterocycles. The highest BCUT2D eigenvalue weighted by atomic mass is 16.5. The lowest BCUT2D eigenvalue weighted by atomic mass is 9.84. The van der Waals surface area contributed by atoms with Gasteiger partial charge in [0, 0.05) is 31.0 Å². The van der Waals surface area contributed by atoms with E-state index in [1.54, 1.807) is 0 Å². The van der Waals surface area contributed by atoms with Crippen LogP contribution in [0.3, 0.4) is 0 Å². The van der Waals surface area contributed by atoms with Gasteiger partial charge in [0.1, 0.15) is 5.75 Å². The van der Waals surface area contributed by atoms with Gasteiger partial charge in [0.05, 0.1) is 12.5 Å². The van der Waals surface area contributed by atoms with Crippen LogP contribution >= 0.6 is 0 Å². The number of hydrogen-bond acceptors (Lipinski definition) is 4. The lowest BCUT2D eigenvalue weighted by molar-refractivity contribution is -0.121. The summed E-state index contributed by atoms with van der Waals surface area (Å²) in [7, 11) is 0. The standard InChI is InChI=1S/C21H30N2O3/c1-13-2-5-17(11-18(13)26-12-14-6-8-25-9-7-14)23-21(24)19-15-3-4-16(10-15)20(19)22/h2,5,11,14-16,19-20H,3-4,6-10,12,22H2,1H3,(H,23,24). The van der Waals surface area contributed by atoms with Gasteiger partial charge in [0.2, 0.25) is 5.91 Å². The van der Waals surface area contributed by atoms with E-state index in [9.17, 15) is 4.79 Å². The second-order valence-electron chi connectivity index (χ2n) is 8.27. The van der Waals surface area contributed by atoms with Gasteiger partial charge in [0.15, 0.2) is 0 Å². The second-order valence-corrected chi connectivity index (χ2v) is 8.27. The molecule has 1 aromatic carbocycles. The van der Waals surface area contributed by atoms with Crippen molar-refractivity contribution in [3.8, 4) is 5.75 Å². The summed E-state index contributed by atoms with van der Waals surface area (Å²) in [6, 6.07) is 5.93. The highest BCUT2D eigenvalue weighted by Crippen LogP contribution is 2.48. The molecule has 2 saturated carbocycles. The fourth-order valence-electron chi connectivity index (χ4n) is 4.90. The van der Waals surface area contributed by atoms with E-state index in [2.05, 4.69) is 5.32 Å². The smallest absolute Gasteiger partial charge is 0.229 e. The van der Waals surface area contributed by atoms with Crippen molar-refractivity contribution in [1.29, 1.82) is 0 Å². The van der Waals surface area contributed by atoms with Crippen LogP contribution < -0.4 is 15.8 Å². The van der Waals surface area contributed by atoms with Crippen LogP contribution in [0.25, 0.3) is 0 Å². The van der Waals surface area contributed by atoms with Gasteiger partial charge in [-0.3, -0.25) is 4.79 Å². The van der Waals surface area contributed by atoms with E-state index in [0.29, 0.717) is 24.4 Å². The first-order valence-corrected chi connectivity index (χ1v) is 9.99. The maximum Gasteiger partial charge on any atom is 0.229 e. The number of nitrogens with two attached hydrogens (primary N) is 1. The minimum atomic E-state index is -0.0401. The first-order valence-electron chi connectivity index (χ1n) is 9.99. The van der Waals surface area contributed by atoms with Crippen LogP contribution in [0.2, 0.25) is 0 Å². The molecule has 1 aromatic rings. The molecular weight excluding hydrogens is 328 g/mol. The number of aryl methyl sites for hydroxylation is 1. The molecule has 142 valence electrons. The summed E-state index contributed by atoms with van der Waals surface area (Å²) in [6.45, 7) is 4.40. The SMILES string of the molecule is Cc1ccc(NC(=O)C2C3CCC(C3)C2N)cc1OCC1CCOCC1. The number of amides is 1. The zero-order valence-electron chi connectivity index (χ0n) is 15.6. The number of carbonyl (C=O) groups is 1. The first kappa shape index (κ1) is 17.8. The van der Waals surface area contributed by atoms with Gasteiger partial charge in [-0.1, -0.05) is 6.07 Å². The minimum Gasteiger partial charge on any atom is -0.493 e. The maximum absolute atomic E-state index is 12.8. The molecule has 3 N–H and O–H groups in total. The Labute approximate surface area is 155 Å². The van der Waals surface area contributed by atoms with E-state index in [4.69, 9.17) is 15.2 Å². The van der Waals surface area contributed by atoms with Gasteiger partial charge < -0.3 is 20.5 Å². The summed E-state index contributed by atoms with van der Waals surface area (Å²) in [5, 5.41) is 3.09. The summed E-state index contributed by atoms with van der Waals surface area (Å²) in [5.41, 5.74) is 8.20. The third kappa shape index (κ3) is 3.60. The average molecular weight is 358 g/mol. The van der Waals surface area contributed by atoms with Crippen molar-refractivity contribution in [3.05, 3.63) is 23.8 Å². The van der Waals surface area contributed by atoms with Crippen LogP contribution in [0.15, 0.2) is 18.2 Å². The van der Waals surface area contributed by atoms with Crippen LogP contribution in [0.5, 0.6) is 5.75 Å². The van der Waals surface area contributed by atoms with Gasteiger partial charge in [0.25, 0.3) is 0 Å². The number of ether oxygens (including phenoxy) is 2. The van der Waals surface area contributed by atoms with Gasteiger partial charge in [-0.2, -0.15) is 0 Å². The molecule has 5 heteroatoms. The number of nitrogens with one attached hydrogen (secondary N) is 1. The summed E-state index contributed by atoms with van der Waals surface area (Å²) >= 11 is 0. The van der Waals surface area contributed by atoms with Crippen LogP contribution in [-0.2, 0) is 9.53 Å². The van der Waals surface area contributed by atoms with Crippen molar-refractivity contribution in [2.75, 3.05) is 25.1 Å². The Morgan fingerprint density at radius 2 is 2.00 bits per heavy atom. The molecular formula is C21H30N2O3. The third-order valence-electron chi connectivity index (χ3n) is 6.55. The molecule has 1 saturated heterocycles. The predicted octanol–water partition coefficient (Wildman–Crippen LogP) is 3.11. The summed E-state index contributed by atoms with van der Waals surface area (Å²) in [5.74, 6) is 2.43. The Kier molecular flexibility index (Phi) is 5.18. The van der Waals surface area contributed by atoms with E-state index >= 15 is 0 Å². The molecule has 5 nitrogen and oxygen atoms in total. The summed E-state index contributed by atoms with van der Waals surface area (Å²) < 4.78 is 11.5. The topological polar surface area (TPSA) is 73.6 Å². The van der Waals surface area contributed by atoms with Gasteiger partial charge in [-0.25, -0.2) is 0 Å². The van der Waals surface area contributed by atoms with E-state index in [-0.39, 0.29) is 17.9 Å². The molecule has 2 bridgehead atoms. The minimum absolute atomic E-state index is 0.0171. The van der Waals surface area contributed by atoms with Crippen LogP contribution in [-0.4, -0.2) is 31.8 Å². The molecule has 2 aliphatic carbocycles. The number of anilines is 1. The molecule has 4 unspecified atom stereocenters.